The number of hydrogen-bond acceptors (Lipinski definition) is 3. The first-order valence-electron chi connectivity index (χ1n) is 3.57. The minimum absolute atomic E-state index is 0.0603. The molecule has 14 heavy (non-hydrogen) atoms. The van der Waals surface area contributed by atoms with Crippen LogP contribution in [-0.4, -0.2) is 25.4 Å². The van der Waals surface area contributed by atoms with Crippen LogP contribution in [0, 0.1) is 0 Å². The molecule has 2 aromatic rings. The Labute approximate surface area is 75.4 Å². The van der Waals surface area contributed by atoms with Crippen molar-refractivity contribution in [3.63, 3.8) is 0 Å². The van der Waals surface area contributed by atoms with Gasteiger partial charge in [-0.2, -0.15) is 23.4 Å². The molecule has 0 saturated carbocycles. The van der Waals surface area contributed by atoms with Gasteiger partial charge in [0, 0.05) is 6.20 Å². The lowest BCUT2D eigenvalue weighted by molar-refractivity contribution is -0.144. The van der Waals surface area contributed by atoms with Crippen molar-refractivity contribution in [2.24, 2.45) is 0 Å². The van der Waals surface area contributed by atoms with Gasteiger partial charge in [0.1, 0.15) is 5.69 Å². The minimum Gasteiger partial charge on any atom is -0.275 e. The molecule has 0 atom stereocenters. The summed E-state index contributed by atoms with van der Waals surface area (Å²) < 4.78 is 36.2. The summed E-state index contributed by atoms with van der Waals surface area (Å²) in [5.41, 5.74) is 0.330. The number of aromatic amines is 2. The Hall–Kier alpha value is -1.86. The van der Waals surface area contributed by atoms with Crippen molar-refractivity contribution in [3.05, 3.63) is 18.1 Å². The van der Waals surface area contributed by atoms with Crippen molar-refractivity contribution < 1.29 is 13.2 Å². The lowest BCUT2D eigenvalue weighted by Crippen LogP contribution is -2.07. The molecule has 8 heteroatoms. The molecule has 0 unspecified atom stereocenters. The minimum atomic E-state index is -4.51. The molecule has 0 aliphatic carbocycles. The average molecular weight is 203 g/mol. The number of aromatic nitrogens is 5. The molecule has 0 radical (unpaired) electrons. The van der Waals surface area contributed by atoms with Crippen molar-refractivity contribution in [1.29, 1.82) is 0 Å². The maximum absolute atomic E-state index is 12.1. The summed E-state index contributed by atoms with van der Waals surface area (Å²) >= 11 is 0. The molecule has 2 heterocycles. The second-order valence-corrected chi connectivity index (χ2v) is 2.48. The fourth-order valence-electron chi connectivity index (χ4n) is 0.889. The Morgan fingerprint density at radius 2 is 2.00 bits per heavy atom. The summed E-state index contributed by atoms with van der Waals surface area (Å²) in [6.07, 6.45) is -3.11. The molecule has 0 saturated heterocycles. The van der Waals surface area contributed by atoms with Gasteiger partial charge in [0.2, 0.25) is 5.82 Å². The van der Waals surface area contributed by atoms with Gasteiger partial charge in [0.15, 0.2) is 5.82 Å². The molecule has 0 spiro atoms. The Bertz CT molecular complexity index is 415. The van der Waals surface area contributed by atoms with E-state index >= 15 is 0 Å². The Kier molecular flexibility index (Phi) is 1.76. The van der Waals surface area contributed by atoms with E-state index in [1.165, 1.54) is 12.3 Å². The van der Waals surface area contributed by atoms with Crippen molar-refractivity contribution in [2.75, 3.05) is 0 Å². The summed E-state index contributed by atoms with van der Waals surface area (Å²) in [6.45, 7) is 0. The molecule has 74 valence electrons. The monoisotopic (exact) mass is 203 g/mol. The maximum Gasteiger partial charge on any atom is 0.451 e. The maximum atomic E-state index is 12.1. The topological polar surface area (TPSA) is 70.2 Å². The zero-order valence-electron chi connectivity index (χ0n) is 6.63. The third-order valence-electron chi connectivity index (χ3n) is 1.50. The number of rotatable bonds is 1. The van der Waals surface area contributed by atoms with E-state index in [-0.39, 0.29) is 5.82 Å². The van der Waals surface area contributed by atoms with Gasteiger partial charge in [0.05, 0.1) is 0 Å². The van der Waals surface area contributed by atoms with Crippen molar-refractivity contribution in [1.82, 2.24) is 25.4 Å². The van der Waals surface area contributed by atoms with E-state index in [1.54, 1.807) is 5.10 Å². The standard InChI is InChI=1S/C6H4F3N5/c7-6(8,9)5-11-4(13-14-5)3-1-2-10-12-3/h1-2H,(H,10,12)(H,11,13,14). The fourth-order valence-corrected chi connectivity index (χ4v) is 0.889. The van der Waals surface area contributed by atoms with Gasteiger partial charge in [-0.05, 0) is 6.07 Å². The van der Waals surface area contributed by atoms with Crippen molar-refractivity contribution >= 4 is 0 Å². The summed E-state index contributed by atoms with van der Waals surface area (Å²) in [5, 5.41) is 11.2. The van der Waals surface area contributed by atoms with Crippen molar-refractivity contribution in [2.45, 2.75) is 6.18 Å². The van der Waals surface area contributed by atoms with Crippen LogP contribution >= 0.6 is 0 Å². The fraction of sp³-hybridized carbons (Fsp3) is 0.167. The lowest BCUT2D eigenvalue weighted by Gasteiger charge is -1.98. The predicted molar refractivity (Wildman–Crippen MR) is 39.0 cm³/mol. The van der Waals surface area contributed by atoms with E-state index in [1.807, 2.05) is 0 Å². The first-order chi connectivity index (χ1) is 6.57. The Morgan fingerprint density at radius 1 is 1.21 bits per heavy atom. The highest BCUT2D eigenvalue weighted by molar-refractivity contribution is 5.46. The predicted octanol–water partition coefficient (Wildman–Crippen LogP) is 1.21. The van der Waals surface area contributed by atoms with Crippen molar-refractivity contribution in [3.8, 4) is 11.5 Å². The number of H-pyrrole nitrogens is 2. The number of nitrogens with one attached hydrogen (secondary N) is 2. The zero-order chi connectivity index (χ0) is 10.2. The first kappa shape index (κ1) is 8.73. The van der Waals surface area contributed by atoms with Gasteiger partial charge in [-0.25, -0.2) is 4.98 Å². The van der Waals surface area contributed by atoms with Crippen LogP contribution in [0.2, 0.25) is 0 Å². The number of alkyl halides is 3. The number of nitrogens with zero attached hydrogens (tertiary/aromatic N) is 3. The summed E-state index contributed by atoms with van der Waals surface area (Å²) in [5.74, 6) is -1.18. The Balaban J connectivity index is 2.36. The molecule has 0 aliphatic heterocycles. The smallest absolute Gasteiger partial charge is 0.275 e. The van der Waals surface area contributed by atoms with Gasteiger partial charge in [-0.3, -0.25) is 10.2 Å². The van der Waals surface area contributed by atoms with Gasteiger partial charge >= 0.3 is 6.18 Å². The van der Waals surface area contributed by atoms with Crippen LogP contribution in [0.5, 0.6) is 0 Å². The second-order valence-electron chi connectivity index (χ2n) is 2.48. The Morgan fingerprint density at radius 3 is 2.50 bits per heavy atom. The molecule has 2 N–H and O–H groups in total. The van der Waals surface area contributed by atoms with Crippen LogP contribution in [0.25, 0.3) is 11.5 Å². The second kappa shape index (κ2) is 2.82. The quantitative estimate of drug-likeness (QED) is 0.731. The molecular formula is C6H4F3N5. The normalized spacial score (nSPS) is 11.9. The van der Waals surface area contributed by atoms with Gasteiger partial charge in [0.25, 0.3) is 0 Å². The van der Waals surface area contributed by atoms with Gasteiger partial charge < -0.3 is 0 Å². The molecular weight excluding hydrogens is 199 g/mol. The molecule has 5 nitrogen and oxygen atoms in total. The molecule has 0 aliphatic rings. The summed E-state index contributed by atoms with van der Waals surface area (Å²) in [4.78, 5) is 3.26. The molecule has 2 rings (SSSR count). The van der Waals surface area contributed by atoms with Crippen LogP contribution in [0.3, 0.4) is 0 Å². The number of halogens is 3. The molecule has 0 bridgehead atoms. The molecule has 0 amide bonds. The lowest BCUT2D eigenvalue weighted by atomic mass is 10.4. The van der Waals surface area contributed by atoms with E-state index in [2.05, 4.69) is 20.3 Å². The largest absolute Gasteiger partial charge is 0.451 e. The highest BCUT2D eigenvalue weighted by Crippen LogP contribution is 2.26. The highest BCUT2D eigenvalue weighted by Gasteiger charge is 2.35. The highest BCUT2D eigenvalue weighted by atomic mass is 19.4. The van der Waals surface area contributed by atoms with E-state index in [9.17, 15) is 13.2 Å². The third-order valence-corrected chi connectivity index (χ3v) is 1.50. The third kappa shape index (κ3) is 1.45. The SMILES string of the molecule is FC(F)(F)c1nc(-c2ccn[nH]2)n[nH]1. The number of hydrogen-bond donors (Lipinski definition) is 2. The molecule has 0 fully saturated rings. The summed E-state index contributed by atoms with van der Waals surface area (Å²) in [7, 11) is 0. The van der Waals surface area contributed by atoms with Crippen LogP contribution < -0.4 is 0 Å². The van der Waals surface area contributed by atoms with Crippen LogP contribution in [0.15, 0.2) is 12.3 Å². The van der Waals surface area contributed by atoms with Crippen LogP contribution in [0.4, 0.5) is 13.2 Å². The van der Waals surface area contributed by atoms with Gasteiger partial charge in [-0.1, -0.05) is 0 Å². The van der Waals surface area contributed by atoms with E-state index in [4.69, 9.17) is 0 Å². The molecule has 2 aromatic heterocycles. The average Bonchev–Trinajstić information content (AvgIpc) is 2.73. The van der Waals surface area contributed by atoms with E-state index in [0.717, 1.165) is 0 Å². The summed E-state index contributed by atoms with van der Waals surface area (Å²) in [6, 6.07) is 1.48. The van der Waals surface area contributed by atoms with E-state index in [0.29, 0.717) is 5.69 Å². The van der Waals surface area contributed by atoms with Crippen LogP contribution in [-0.2, 0) is 6.18 Å². The molecule has 0 aromatic carbocycles. The first-order valence-corrected chi connectivity index (χ1v) is 3.57. The van der Waals surface area contributed by atoms with Gasteiger partial charge in [-0.15, -0.1) is 0 Å². The van der Waals surface area contributed by atoms with E-state index < -0.39 is 12.0 Å². The van der Waals surface area contributed by atoms with Crippen LogP contribution in [0.1, 0.15) is 5.82 Å². The zero-order valence-corrected chi connectivity index (χ0v) is 6.63.